The van der Waals surface area contributed by atoms with E-state index in [2.05, 4.69) is 6.92 Å². The van der Waals surface area contributed by atoms with Gasteiger partial charge in [-0.05, 0) is 74.0 Å². The fraction of sp³-hybridized carbons (Fsp3) is 1.00. The topological polar surface area (TPSA) is 0 Å². The maximum atomic E-state index is 2.33. The molecule has 0 radical (unpaired) electrons. The molecule has 4 aliphatic rings. The zero-order valence-corrected chi connectivity index (χ0v) is 13.8. The Bertz CT molecular complexity index is 201. The Hall–Kier alpha value is 1.16. The first-order valence-corrected chi connectivity index (χ1v) is 8.38. The van der Waals surface area contributed by atoms with Crippen LogP contribution < -0.4 is 0 Å². The molecule has 0 saturated heterocycles. The lowest BCUT2D eigenvalue weighted by Gasteiger charge is -2.54. The van der Waals surface area contributed by atoms with Gasteiger partial charge in [0.05, 0.1) is 0 Å². The Morgan fingerprint density at radius 2 is 1.50 bits per heavy atom. The molecule has 4 bridgehead atoms. The molecule has 1 atom stereocenters. The number of hydrogen-bond acceptors (Lipinski definition) is 0. The molecule has 0 aliphatic heterocycles. The third-order valence-corrected chi connectivity index (χ3v) is 7.19. The van der Waals surface area contributed by atoms with Crippen molar-refractivity contribution in [2.45, 2.75) is 57.5 Å². The van der Waals surface area contributed by atoms with Crippen molar-refractivity contribution in [3.8, 4) is 0 Å². The second-order valence-electron chi connectivity index (χ2n) is 6.26. The molecule has 4 aliphatic carbocycles. The van der Waals surface area contributed by atoms with Crippen molar-refractivity contribution in [1.29, 1.82) is 0 Å². The summed E-state index contributed by atoms with van der Waals surface area (Å²) < 4.78 is 0. The van der Waals surface area contributed by atoms with Crippen LogP contribution in [0.2, 0.25) is 0 Å². The Labute approximate surface area is 120 Å². The van der Waals surface area contributed by atoms with E-state index in [-0.39, 0.29) is 24.0 Å². The van der Waals surface area contributed by atoms with E-state index in [0.717, 1.165) is 0 Å². The van der Waals surface area contributed by atoms with Crippen LogP contribution in [0.1, 0.15) is 51.9 Å². The summed E-state index contributed by atoms with van der Waals surface area (Å²) in [5.41, 5.74) is 1.18. The Balaban J connectivity index is 0.000000963. The summed E-state index contributed by atoms with van der Waals surface area (Å²) in [6, 6.07) is 0. The molecular formula is C14H26IP. The van der Waals surface area contributed by atoms with Crippen LogP contribution in [-0.2, 0) is 0 Å². The summed E-state index contributed by atoms with van der Waals surface area (Å²) in [6.45, 7) is 2.33. The molecule has 0 heterocycles. The summed E-state index contributed by atoms with van der Waals surface area (Å²) in [4.78, 5) is 0. The molecule has 0 aromatic heterocycles. The molecule has 0 aromatic carbocycles. The van der Waals surface area contributed by atoms with Crippen LogP contribution in [0.4, 0.5) is 0 Å². The SMILES string of the molecule is CCCCPC1C2CC3CC(C2)CC1C3.I. The van der Waals surface area contributed by atoms with Crippen LogP contribution in [0, 0.1) is 23.7 Å². The minimum atomic E-state index is 0. The van der Waals surface area contributed by atoms with E-state index in [4.69, 9.17) is 0 Å². The largest absolute Gasteiger partial charge is 0.118 e. The van der Waals surface area contributed by atoms with Gasteiger partial charge in [-0.25, -0.2) is 0 Å². The van der Waals surface area contributed by atoms with Gasteiger partial charge >= 0.3 is 0 Å². The fourth-order valence-corrected chi connectivity index (χ4v) is 6.81. The smallest absolute Gasteiger partial charge is 0.0180 e. The predicted molar refractivity (Wildman–Crippen MR) is 84.3 cm³/mol. The standard InChI is InChI=1S/C14H25P.HI/c1-2-3-4-15-14-12-6-10-5-11(8-12)9-13(14)7-10;/h10-15H,2-9H2,1H3;1H. The molecular weight excluding hydrogens is 326 g/mol. The molecule has 16 heavy (non-hydrogen) atoms. The van der Waals surface area contributed by atoms with Crippen molar-refractivity contribution in [2.24, 2.45) is 23.7 Å². The van der Waals surface area contributed by atoms with E-state index in [0.29, 0.717) is 0 Å². The van der Waals surface area contributed by atoms with E-state index in [1.165, 1.54) is 50.8 Å². The summed E-state index contributed by atoms with van der Waals surface area (Å²) >= 11 is 0. The molecule has 0 aromatic rings. The van der Waals surface area contributed by atoms with Crippen molar-refractivity contribution in [1.82, 2.24) is 0 Å². The lowest BCUT2D eigenvalue weighted by Crippen LogP contribution is -2.46. The molecule has 0 nitrogen and oxygen atoms in total. The highest BCUT2D eigenvalue weighted by Gasteiger charge is 2.47. The Morgan fingerprint density at radius 1 is 0.938 bits per heavy atom. The van der Waals surface area contributed by atoms with Crippen molar-refractivity contribution in [2.75, 3.05) is 6.16 Å². The first kappa shape index (κ1) is 13.6. The molecule has 0 amide bonds. The molecule has 94 valence electrons. The molecule has 2 heteroatoms. The third-order valence-electron chi connectivity index (χ3n) is 5.14. The first-order chi connectivity index (χ1) is 7.36. The predicted octanol–water partition coefficient (Wildman–Crippen LogP) is 4.91. The first-order valence-electron chi connectivity index (χ1n) is 7.10. The van der Waals surface area contributed by atoms with Crippen LogP contribution in [0.25, 0.3) is 0 Å². The average Bonchev–Trinajstić information content (AvgIpc) is 2.21. The van der Waals surface area contributed by atoms with Gasteiger partial charge in [-0.1, -0.05) is 13.3 Å². The van der Waals surface area contributed by atoms with Gasteiger partial charge in [0.1, 0.15) is 0 Å². The van der Waals surface area contributed by atoms with Crippen molar-refractivity contribution in [3.05, 3.63) is 0 Å². The van der Waals surface area contributed by atoms with Gasteiger partial charge in [0, 0.05) is 0 Å². The van der Waals surface area contributed by atoms with Gasteiger partial charge < -0.3 is 0 Å². The minimum absolute atomic E-state index is 0. The van der Waals surface area contributed by atoms with E-state index >= 15 is 0 Å². The second-order valence-corrected chi connectivity index (χ2v) is 7.84. The molecule has 4 saturated carbocycles. The van der Waals surface area contributed by atoms with Gasteiger partial charge in [-0.2, -0.15) is 0 Å². The van der Waals surface area contributed by atoms with E-state index in [1.54, 1.807) is 38.3 Å². The van der Waals surface area contributed by atoms with E-state index < -0.39 is 0 Å². The molecule has 4 rings (SSSR count). The number of unbranched alkanes of at least 4 members (excludes halogenated alkanes) is 1. The summed E-state index contributed by atoms with van der Waals surface area (Å²) in [6.07, 6.45) is 12.5. The highest BCUT2D eigenvalue weighted by Crippen LogP contribution is 2.58. The van der Waals surface area contributed by atoms with E-state index in [1.807, 2.05) is 0 Å². The normalized spacial score (nSPS) is 45.2. The summed E-state index contributed by atoms with van der Waals surface area (Å²) in [5, 5.41) is 0. The zero-order valence-electron chi connectivity index (χ0n) is 10.5. The van der Waals surface area contributed by atoms with Gasteiger partial charge in [-0.3, -0.25) is 0 Å². The van der Waals surface area contributed by atoms with Crippen molar-refractivity contribution >= 4 is 32.6 Å². The molecule has 4 fully saturated rings. The van der Waals surface area contributed by atoms with E-state index in [9.17, 15) is 0 Å². The lowest BCUT2D eigenvalue weighted by atomic mass is 9.56. The lowest BCUT2D eigenvalue weighted by molar-refractivity contribution is 0.0256. The Morgan fingerprint density at radius 3 is 2.00 bits per heavy atom. The average molecular weight is 352 g/mol. The highest BCUT2D eigenvalue weighted by molar-refractivity contribution is 14.0. The van der Waals surface area contributed by atoms with Gasteiger partial charge in [0.2, 0.25) is 0 Å². The van der Waals surface area contributed by atoms with Gasteiger partial charge in [0.25, 0.3) is 0 Å². The van der Waals surface area contributed by atoms with Crippen LogP contribution in [0.15, 0.2) is 0 Å². The fourth-order valence-electron chi connectivity index (χ4n) is 4.70. The quantitative estimate of drug-likeness (QED) is 0.383. The maximum Gasteiger partial charge on any atom is -0.0180 e. The van der Waals surface area contributed by atoms with Crippen molar-refractivity contribution in [3.63, 3.8) is 0 Å². The van der Waals surface area contributed by atoms with Crippen LogP contribution in [-0.4, -0.2) is 11.8 Å². The van der Waals surface area contributed by atoms with Crippen LogP contribution in [0.3, 0.4) is 0 Å². The summed E-state index contributed by atoms with van der Waals surface area (Å²) in [7, 11) is 1.32. The van der Waals surface area contributed by atoms with Crippen molar-refractivity contribution < 1.29 is 0 Å². The van der Waals surface area contributed by atoms with Crippen LogP contribution >= 0.6 is 32.6 Å². The zero-order chi connectivity index (χ0) is 10.3. The minimum Gasteiger partial charge on any atom is -0.118 e. The second kappa shape index (κ2) is 5.87. The van der Waals surface area contributed by atoms with Crippen LogP contribution in [0.5, 0.6) is 0 Å². The number of hydrogen-bond donors (Lipinski definition) is 0. The van der Waals surface area contributed by atoms with Gasteiger partial charge in [-0.15, -0.1) is 32.6 Å². The summed E-state index contributed by atoms with van der Waals surface area (Å²) in [5.74, 6) is 4.69. The maximum absolute atomic E-state index is 2.33. The monoisotopic (exact) mass is 352 g/mol. The number of halogens is 1. The number of rotatable bonds is 4. The van der Waals surface area contributed by atoms with Gasteiger partial charge in [0.15, 0.2) is 0 Å². The Kier molecular flexibility index (Phi) is 4.98. The highest BCUT2D eigenvalue weighted by atomic mass is 127. The third kappa shape index (κ3) is 2.60. The molecule has 1 unspecified atom stereocenters. The molecule has 0 N–H and O–H groups in total. The molecule has 0 spiro atoms.